The highest BCUT2D eigenvalue weighted by Gasteiger charge is 2.81. The number of ether oxygens (including phenoxy) is 13. The van der Waals surface area contributed by atoms with Crippen molar-refractivity contribution < 1.29 is 155 Å². The van der Waals surface area contributed by atoms with E-state index in [0.29, 0.717) is 30.4 Å². The molecule has 8 aliphatic rings. The van der Waals surface area contributed by atoms with E-state index >= 15 is 14.4 Å². The quantitative estimate of drug-likeness (QED) is 0.00861. The Bertz CT molecular complexity index is 5510. The lowest BCUT2D eigenvalue weighted by Gasteiger charge is -2.67. The number of aliphatic hydroxyl groups excluding tert-OH is 4. The van der Waals surface area contributed by atoms with E-state index in [0.717, 1.165) is 38.7 Å². The molecule has 2 heterocycles. The van der Waals surface area contributed by atoms with Gasteiger partial charge in [-0.25, -0.2) is 33.6 Å². The molecule has 22 atom stereocenters. The number of Topliss-reactive ketones (excluding diaryl/α,β-unsaturated/α-hetero) is 2. The molecule has 2 saturated heterocycles. The molecule has 9 N–H and O–H groups in total. The van der Waals surface area contributed by atoms with Crippen LogP contribution in [0.4, 0.5) is 14.4 Å². The molecule has 0 unspecified atom stereocenters. The minimum Gasteiger partial charge on any atom is -0.455 e. The summed E-state index contributed by atoms with van der Waals surface area (Å²) in [5, 5.41) is 84.4. The minimum atomic E-state index is -2.44. The summed E-state index contributed by atoms with van der Waals surface area (Å²) in [5.41, 5.74) is -16.2. The van der Waals surface area contributed by atoms with Crippen molar-refractivity contribution in [1.82, 2.24) is 16.0 Å². The zero-order valence-corrected chi connectivity index (χ0v) is 83.5. The van der Waals surface area contributed by atoms with Crippen LogP contribution in [-0.2, 0) is 107 Å². The summed E-state index contributed by atoms with van der Waals surface area (Å²) in [4.78, 5) is 182. The molecule has 4 saturated carbocycles. The normalized spacial score (nSPS) is 29.5. The van der Waals surface area contributed by atoms with Crippen molar-refractivity contribution in [2.24, 2.45) is 33.5 Å². The topological polar surface area (TPSA) is 499 Å². The second kappa shape index (κ2) is 43.8. The highest BCUT2D eigenvalue weighted by Crippen LogP contribution is 2.67. The molecule has 0 radical (unpaired) electrons. The fourth-order valence-corrected chi connectivity index (χ4v) is 22.0. The third-order valence-electron chi connectivity index (χ3n) is 29.4. The van der Waals surface area contributed by atoms with E-state index in [1.165, 1.54) is 65.8 Å². The Balaban J connectivity index is 0.000000256. The molecule has 5 aromatic carbocycles. The van der Waals surface area contributed by atoms with Crippen LogP contribution in [0.1, 0.15) is 251 Å². The van der Waals surface area contributed by atoms with Gasteiger partial charge in [-0.2, -0.15) is 0 Å². The van der Waals surface area contributed by atoms with Crippen molar-refractivity contribution in [2.75, 3.05) is 19.8 Å². The van der Waals surface area contributed by atoms with Crippen molar-refractivity contribution in [3.05, 3.63) is 202 Å². The predicted molar refractivity (Wildman–Crippen MR) is 507 cm³/mol. The Hall–Kier alpha value is -11.8. The first-order valence-corrected chi connectivity index (χ1v) is 48.4. The number of carbonyl (C=O) groups is 13. The summed E-state index contributed by atoms with van der Waals surface area (Å²) < 4.78 is 77.7. The molecule has 35 nitrogen and oxygen atoms in total. The molecule has 770 valence electrons. The average molecular weight is 1980 g/mol. The third kappa shape index (κ3) is 22.4. The number of unbranched alkanes of at least 4 members (excludes halogenated alkanes) is 5. The number of aliphatic hydroxyl groups is 6. The first-order valence-electron chi connectivity index (χ1n) is 48.4. The highest BCUT2D eigenvalue weighted by molar-refractivity contribution is 5.96. The lowest BCUT2D eigenvalue weighted by Crippen LogP contribution is -2.81. The van der Waals surface area contributed by atoms with Gasteiger partial charge in [-0.05, 0) is 152 Å². The number of alkyl carbamates (subject to hydrolysis) is 3. The SMILES string of the molecule is CC(=O)O[C@@]12CO[C@@H]1C[C@H](O)[C@@]1(C)C(=O)[C@H](O)C3=C(C)[C@@H](OC(=O)[C@H](OC(=O)CCCCCNC(=O)OCc4ccccc4)[C@@H](NC(=O)OC(C)(C)C)c4ccccc4)C[C@@](O)([C@@H](OC(=O)c4ccccc4)[C@H]21)C3(C)C.CCCCCCC(=O)O[C@@H](C(=O)O[C@H]1C[C@@]2(O)[C@@H](OC(=O)c3ccccc3)[C@@H]3[C@]4(OC(C)=O)CO[C@@H]4C[C@H](O)[C@@]3(C)C(=O)[C@H](O)C(=C1C)C2(C)C)[C@@H](NC(=O)OC(C)(C)C)c1ccccc1. The lowest BCUT2D eigenvalue weighted by molar-refractivity contribution is -0.346. The van der Waals surface area contributed by atoms with Crippen molar-refractivity contribution in [2.45, 2.75) is 327 Å². The Kier molecular flexibility index (Phi) is 33.6. The Morgan fingerprint density at radius 3 is 1.15 bits per heavy atom. The number of amides is 3. The Morgan fingerprint density at radius 1 is 0.465 bits per heavy atom. The second-order valence-electron chi connectivity index (χ2n) is 41.7. The summed E-state index contributed by atoms with van der Waals surface area (Å²) in [7, 11) is 0. The maximum Gasteiger partial charge on any atom is 0.408 e. The van der Waals surface area contributed by atoms with Gasteiger partial charge in [0.1, 0.15) is 89.9 Å². The van der Waals surface area contributed by atoms with Crippen molar-refractivity contribution in [1.29, 1.82) is 0 Å². The van der Waals surface area contributed by atoms with Gasteiger partial charge in [-0.15, -0.1) is 0 Å². The van der Waals surface area contributed by atoms with Crippen LogP contribution in [0, 0.1) is 33.5 Å². The molecule has 13 rings (SSSR count). The minimum absolute atomic E-state index is 0.0501. The van der Waals surface area contributed by atoms with E-state index in [1.54, 1.807) is 152 Å². The number of nitrogens with one attached hydrogen (secondary N) is 3. The largest absolute Gasteiger partial charge is 0.455 e. The molecule has 2 aliphatic heterocycles. The molecule has 6 aliphatic carbocycles. The maximum absolute atomic E-state index is 15.3. The zero-order chi connectivity index (χ0) is 104. The predicted octanol–water partition coefficient (Wildman–Crippen LogP) is 12.1. The van der Waals surface area contributed by atoms with E-state index < -0.39 is 243 Å². The zero-order valence-electron chi connectivity index (χ0n) is 83.5. The van der Waals surface area contributed by atoms with Crippen molar-refractivity contribution in [3.63, 3.8) is 0 Å². The summed E-state index contributed by atoms with van der Waals surface area (Å²) in [5.74, 6) is -12.4. The average Bonchev–Trinajstić information content (AvgIpc) is 0.671. The van der Waals surface area contributed by atoms with Crippen molar-refractivity contribution >= 4 is 77.6 Å². The Morgan fingerprint density at radius 2 is 0.817 bits per heavy atom. The smallest absolute Gasteiger partial charge is 0.408 e. The Labute approximate surface area is 825 Å². The van der Waals surface area contributed by atoms with E-state index in [-0.39, 0.29) is 91.9 Å². The number of ketones is 2. The fraction of sp³-hybridized carbons (Fsp3) is 0.561. The van der Waals surface area contributed by atoms with Gasteiger partial charge in [-0.1, -0.05) is 188 Å². The summed E-state index contributed by atoms with van der Waals surface area (Å²) in [6.07, 6.45) is -20.1. The fourth-order valence-electron chi connectivity index (χ4n) is 22.0. The van der Waals surface area contributed by atoms with Crippen LogP contribution >= 0.6 is 0 Å². The monoisotopic (exact) mass is 1970 g/mol. The number of rotatable bonds is 31. The van der Waals surface area contributed by atoms with Crippen LogP contribution in [0.3, 0.4) is 0 Å². The lowest BCUT2D eigenvalue weighted by atomic mass is 9.44. The van der Waals surface area contributed by atoms with Gasteiger partial charge in [0.25, 0.3) is 0 Å². The summed E-state index contributed by atoms with van der Waals surface area (Å²) in [6.45, 7) is 25.9. The number of hydrogen-bond donors (Lipinski definition) is 9. The van der Waals surface area contributed by atoms with Crippen LogP contribution in [0.5, 0.6) is 0 Å². The first kappa shape index (κ1) is 109. The summed E-state index contributed by atoms with van der Waals surface area (Å²) >= 11 is 0. The molecule has 0 spiro atoms. The number of carbonyl (C=O) groups excluding carboxylic acids is 13. The van der Waals surface area contributed by atoms with E-state index in [1.807, 2.05) is 37.3 Å². The van der Waals surface area contributed by atoms with Gasteiger partial charge >= 0.3 is 66.0 Å². The molecule has 6 fully saturated rings. The third-order valence-corrected chi connectivity index (χ3v) is 29.4. The van der Waals surface area contributed by atoms with Gasteiger partial charge in [0, 0.05) is 69.7 Å². The van der Waals surface area contributed by atoms with E-state index in [9.17, 15) is 78.6 Å². The number of fused-ring (bicyclic) bond motifs is 10. The molecule has 5 aromatic rings. The molecule has 142 heavy (non-hydrogen) atoms. The molecule has 4 bridgehead atoms. The standard InChI is InChI=1S/C57H70N2O17.C50H65NO15/c1-33-38(30-57(69)48(74-49(65)37-25-17-11-18-26-37)46-55(8,47(64)44(63)42(33)54(57,6)7)39(61)29-40-56(46,32-71-40)75-34(2)60)72-50(66)45(43(36-23-15-10-16-24-36)59-52(68)76-53(3,4)5)73-41(62)27-19-12-20-28-58-51(67)70-31-35-21-13-9-14-22-35;1-10-11-12-19-24-35(54)63-39(37(30-20-15-13-16-21-30)51-45(59)66-46(4,5)6)44(58)62-32-26-50(60)42(64-43(57)31-22-17-14-18-23-31)40-48(9,41(56)38(55)36(28(32)2)47(50,7)8)33(53)25-34-49(40,27-61-34)65-29(3)52/h9-11,13-18,21-26,38-40,43-46,48,61,63,69H,12,19-20,27-32H2,1-8H3,(H,58,67)(H,59,68);13-18,20-23,32-34,37-40,42,53,55,60H,10-12,19,24-27H2,1-9H3,(H,51,59)/t38-,39-,40+,43-,44+,45+,46-,48-,55+,56-,57+;32-,33-,34+,37-,38+,39+,40-,42-,48+,49-,50+/m00/s1. The van der Waals surface area contributed by atoms with Crippen LogP contribution in [0.25, 0.3) is 0 Å². The first-order chi connectivity index (χ1) is 66.8. The van der Waals surface area contributed by atoms with Crippen LogP contribution in [0.2, 0.25) is 0 Å². The van der Waals surface area contributed by atoms with Gasteiger partial charge in [0.2, 0.25) is 12.2 Å². The van der Waals surface area contributed by atoms with Gasteiger partial charge in [-0.3, -0.25) is 28.8 Å². The second-order valence-corrected chi connectivity index (χ2v) is 41.7. The van der Waals surface area contributed by atoms with Crippen LogP contribution in [-0.4, -0.2) is 235 Å². The maximum atomic E-state index is 15.3. The van der Waals surface area contributed by atoms with E-state index in [4.69, 9.17) is 61.6 Å². The van der Waals surface area contributed by atoms with Gasteiger partial charge < -0.3 is 108 Å². The van der Waals surface area contributed by atoms with E-state index in [2.05, 4.69) is 16.0 Å². The van der Waals surface area contributed by atoms with Gasteiger partial charge in [0.15, 0.2) is 22.8 Å². The number of esters is 8. The van der Waals surface area contributed by atoms with Crippen LogP contribution < -0.4 is 16.0 Å². The molecular formula is C107H135N3O32. The number of benzene rings is 5. The number of hydrogen-bond acceptors (Lipinski definition) is 32. The molecule has 3 amide bonds. The van der Waals surface area contributed by atoms with Crippen molar-refractivity contribution in [3.8, 4) is 0 Å². The molecule has 0 aromatic heterocycles. The summed E-state index contributed by atoms with van der Waals surface area (Å²) in [6, 6.07) is 38.5. The van der Waals surface area contributed by atoms with Gasteiger partial charge in [0.05, 0.1) is 59.2 Å². The highest BCUT2D eigenvalue weighted by atomic mass is 16.7. The molecule has 35 heteroatoms. The van der Waals surface area contributed by atoms with Crippen LogP contribution in [0.15, 0.2) is 174 Å². The molecular weight excluding hydrogens is 1840 g/mol.